The second-order valence-corrected chi connectivity index (χ2v) is 11.8. The quantitative estimate of drug-likeness (QED) is 0.109. The second kappa shape index (κ2) is 17.2. The minimum atomic E-state index is -0.780. The van der Waals surface area contributed by atoms with Crippen LogP contribution in [0.25, 0.3) is 0 Å². The smallest absolute Gasteiger partial charge is 0.479 e. The van der Waals surface area contributed by atoms with Crippen LogP contribution in [0, 0.1) is 6.92 Å². The van der Waals surface area contributed by atoms with Crippen LogP contribution in [0.2, 0.25) is 0 Å². The van der Waals surface area contributed by atoms with Gasteiger partial charge < -0.3 is 43.8 Å². The number of alkyl halides is 1. The van der Waals surface area contributed by atoms with Gasteiger partial charge in [-0.15, -0.1) is 0 Å². The van der Waals surface area contributed by atoms with Crippen LogP contribution in [-0.2, 0) is 41.2 Å². The largest absolute Gasteiger partial charge is 1.00 e. The van der Waals surface area contributed by atoms with Crippen LogP contribution >= 0.6 is 52.1 Å². The van der Waals surface area contributed by atoms with Crippen molar-refractivity contribution in [1.82, 2.24) is 0 Å². The molecule has 0 aromatic rings. The maximum absolute atomic E-state index is 11.4. The first-order chi connectivity index (χ1) is 15.1. The fourth-order valence-electron chi connectivity index (χ4n) is 1.90. The fourth-order valence-corrected chi connectivity index (χ4v) is 3.49. The minimum absolute atomic E-state index is 0. The van der Waals surface area contributed by atoms with Crippen molar-refractivity contribution in [3.05, 3.63) is 6.92 Å². The number of thiocarbonyl (C=S) groups is 2. The molecule has 0 N–H and O–H groups in total. The minimum Gasteiger partial charge on any atom is -0.479 e. The van der Waals surface area contributed by atoms with Crippen molar-refractivity contribution in [1.29, 1.82) is 0 Å². The van der Waals surface area contributed by atoms with Gasteiger partial charge in [-0.05, 0) is 60.7 Å². The van der Waals surface area contributed by atoms with Crippen LogP contribution in [0.15, 0.2) is 9.98 Å². The fraction of sp³-hybridized carbons (Fsp3) is 0.650. The summed E-state index contributed by atoms with van der Waals surface area (Å²) in [5, 5.41) is -0.107. The molecule has 14 heteroatoms. The number of carbonyl (C=O) groups excluding carboxylic acids is 2. The molecular weight excluding hydrogens is 611 g/mol. The summed E-state index contributed by atoms with van der Waals surface area (Å²) < 4.78 is 20.2. The molecule has 186 valence electrons. The van der Waals surface area contributed by atoms with Crippen LogP contribution in [0.1, 0.15) is 48.5 Å². The number of halogens is 1. The molecule has 0 aliphatic carbocycles. The molecule has 34 heavy (non-hydrogen) atoms. The van der Waals surface area contributed by atoms with Crippen molar-refractivity contribution < 1.29 is 79.9 Å². The standard InChI is InChI=1S/C10H15NO3S2.C7H10BrNO2.C3H4OS2.K/c1-5-13-9(15)16-6(2)7-11-10(3,4)8(12)14-7;1-4(8)5-9-7(2,3)6(10)11-5;1-2-4-3(5)6;/h6H,5H2,1-4H3;4H,1-3H3;1-2H2;/q;;;+1. The van der Waals surface area contributed by atoms with E-state index in [9.17, 15) is 9.59 Å². The van der Waals surface area contributed by atoms with Crippen molar-refractivity contribution >= 4 is 97.3 Å². The first-order valence-electron chi connectivity index (χ1n) is 9.81. The number of nitrogens with zero attached hydrogens (tertiary/aromatic N) is 2. The normalized spacial score (nSPS) is 18.6. The van der Waals surface area contributed by atoms with Gasteiger partial charge in [-0.2, -0.15) is 0 Å². The SMILES string of the molecule is CC(Br)C1=NC(C)(C)C(=O)O1.CCOC(=S)SC(C)C1=NC(C)(C)C(=O)O1.[CH2+]COC(=S)[S-].[K+]. The summed E-state index contributed by atoms with van der Waals surface area (Å²) in [5.41, 5.74) is -1.48. The van der Waals surface area contributed by atoms with Crippen molar-refractivity contribution in [2.75, 3.05) is 13.2 Å². The Balaban J connectivity index is 0. The first-order valence-corrected chi connectivity index (χ1v) is 12.8. The van der Waals surface area contributed by atoms with E-state index in [1.54, 1.807) is 27.7 Å². The Kier molecular flexibility index (Phi) is 18.6. The van der Waals surface area contributed by atoms with E-state index >= 15 is 0 Å². The Morgan fingerprint density at radius 1 is 1.09 bits per heavy atom. The number of hydrogen-bond donors (Lipinski definition) is 0. The third-order valence-electron chi connectivity index (χ3n) is 3.62. The molecule has 0 bridgehead atoms. The first kappa shape index (κ1) is 36.8. The number of aliphatic imine (C=N–C) groups is 2. The molecule has 0 saturated heterocycles. The van der Waals surface area contributed by atoms with Crippen LogP contribution < -0.4 is 51.4 Å². The number of esters is 2. The van der Waals surface area contributed by atoms with Gasteiger partial charge in [0.25, 0.3) is 0 Å². The Hall–Kier alpha value is 0.616. The molecule has 2 unspecified atom stereocenters. The van der Waals surface area contributed by atoms with E-state index in [0.29, 0.717) is 29.4 Å². The molecule has 2 atom stereocenters. The Morgan fingerprint density at radius 3 is 1.76 bits per heavy atom. The zero-order chi connectivity index (χ0) is 26.0. The maximum atomic E-state index is 11.4. The molecule has 0 spiro atoms. The van der Waals surface area contributed by atoms with E-state index in [4.69, 9.17) is 26.4 Å². The van der Waals surface area contributed by atoms with Gasteiger partial charge in [-0.1, -0.05) is 27.7 Å². The van der Waals surface area contributed by atoms with Crippen LogP contribution in [-0.4, -0.2) is 66.9 Å². The second-order valence-electron chi connectivity index (χ2n) is 7.45. The average molecular weight is 641 g/mol. The summed E-state index contributed by atoms with van der Waals surface area (Å²) in [4.78, 5) is 30.8. The van der Waals surface area contributed by atoms with Crippen molar-refractivity contribution in [2.45, 2.75) is 69.6 Å². The topological polar surface area (TPSA) is 95.8 Å². The van der Waals surface area contributed by atoms with Gasteiger partial charge in [-0.25, -0.2) is 19.6 Å². The molecule has 0 aromatic carbocycles. The van der Waals surface area contributed by atoms with Gasteiger partial charge in [0.1, 0.15) is 6.92 Å². The number of cyclic esters (lactones) is 2. The van der Waals surface area contributed by atoms with E-state index < -0.39 is 11.1 Å². The van der Waals surface area contributed by atoms with Gasteiger partial charge in [0, 0.05) is 4.38 Å². The van der Waals surface area contributed by atoms with Gasteiger partial charge in [0.15, 0.2) is 11.1 Å². The molecule has 2 aliphatic rings. The van der Waals surface area contributed by atoms with Crippen molar-refractivity contribution in [2.24, 2.45) is 9.98 Å². The Bertz CT molecular complexity index is 806. The van der Waals surface area contributed by atoms with Gasteiger partial charge in [0.2, 0.25) is 22.8 Å². The molecule has 2 heterocycles. The number of rotatable bonds is 5. The molecule has 0 fully saturated rings. The summed E-state index contributed by atoms with van der Waals surface area (Å²) in [5.74, 6) is 0.290. The number of hydrogen-bond acceptors (Lipinski definition) is 12. The van der Waals surface area contributed by atoms with Crippen LogP contribution in [0.4, 0.5) is 0 Å². The van der Waals surface area contributed by atoms with E-state index in [1.807, 2.05) is 20.8 Å². The molecule has 0 aromatic heterocycles. The van der Waals surface area contributed by atoms with Crippen molar-refractivity contribution in [3.8, 4) is 0 Å². The summed E-state index contributed by atoms with van der Waals surface area (Å²) in [7, 11) is 0. The number of carbonyl (C=O) groups is 2. The molecule has 0 saturated carbocycles. The molecular formula is C20H29BrKN2O6S4+. The monoisotopic (exact) mass is 639 g/mol. The van der Waals surface area contributed by atoms with Crippen LogP contribution in [0.5, 0.6) is 0 Å². The van der Waals surface area contributed by atoms with Crippen molar-refractivity contribution in [3.63, 3.8) is 0 Å². The third-order valence-corrected chi connectivity index (χ3v) is 5.52. The predicted molar refractivity (Wildman–Crippen MR) is 146 cm³/mol. The molecule has 2 aliphatic heterocycles. The zero-order valence-electron chi connectivity index (χ0n) is 20.6. The summed E-state index contributed by atoms with van der Waals surface area (Å²) in [6, 6.07) is 0. The Morgan fingerprint density at radius 2 is 1.53 bits per heavy atom. The number of thioether (sulfide) groups is 1. The zero-order valence-corrected chi connectivity index (χ0v) is 28.6. The van der Waals surface area contributed by atoms with E-state index in [0.717, 1.165) is 0 Å². The van der Waals surface area contributed by atoms with Gasteiger partial charge >= 0.3 is 63.3 Å². The summed E-state index contributed by atoms with van der Waals surface area (Å²) in [6.45, 7) is 16.8. The third kappa shape index (κ3) is 13.8. The molecule has 2 rings (SSSR count). The van der Waals surface area contributed by atoms with Gasteiger partial charge in [0.05, 0.1) is 16.7 Å². The Labute approximate surface area is 273 Å². The van der Waals surface area contributed by atoms with Gasteiger partial charge in [-0.3, -0.25) is 0 Å². The molecule has 0 amide bonds. The van der Waals surface area contributed by atoms with E-state index in [-0.39, 0.29) is 77.8 Å². The molecule has 8 nitrogen and oxygen atoms in total. The van der Waals surface area contributed by atoms with E-state index in [1.165, 1.54) is 11.8 Å². The summed E-state index contributed by atoms with van der Waals surface area (Å²) in [6.07, 6.45) is 0. The van der Waals surface area contributed by atoms with Crippen LogP contribution in [0.3, 0.4) is 0 Å². The summed E-state index contributed by atoms with van der Waals surface area (Å²) >= 11 is 18.3. The molecule has 0 radical (unpaired) electrons. The van der Waals surface area contributed by atoms with E-state index in [2.05, 4.69) is 62.4 Å². The maximum Gasteiger partial charge on any atom is 1.00 e. The predicted octanol–water partition coefficient (Wildman–Crippen LogP) is 1.34. The average Bonchev–Trinajstić information content (AvgIpc) is 3.10. The number of ether oxygens (including phenoxy) is 4.